The molecule has 1 aliphatic rings. The van der Waals surface area contributed by atoms with E-state index in [2.05, 4.69) is 25.2 Å². The third-order valence-electron chi connectivity index (χ3n) is 5.71. The number of rotatable bonds is 4. The van der Waals surface area contributed by atoms with Crippen LogP contribution in [0.3, 0.4) is 0 Å². The van der Waals surface area contributed by atoms with Crippen LogP contribution in [0.2, 0.25) is 0 Å². The molecule has 2 N–H and O–H groups in total. The molecule has 0 atom stereocenters. The standard InChI is InChI=1S/C24H22F2N6O2/c1-15-12-29-23(14-27-15)34-17-4-2-16(3-5-17)31-6-8-32(9-7-31)24(33)30-22-13-28-21-11-20(26)19(25)10-18(21)22/h2-5,10-14,28H,6-9H2,1H3,(H,30,33). The highest BCUT2D eigenvalue weighted by Gasteiger charge is 2.22. The molecule has 10 heteroatoms. The zero-order valence-corrected chi connectivity index (χ0v) is 18.4. The highest BCUT2D eigenvalue weighted by atomic mass is 19.2. The van der Waals surface area contributed by atoms with E-state index in [9.17, 15) is 13.6 Å². The van der Waals surface area contributed by atoms with Crippen molar-refractivity contribution in [2.75, 3.05) is 36.4 Å². The molecule has 0 unspecified atom stereocenters. The molecule has 0 bridgehead atoms. The van der Waals surface area contributed by atoms with Crippen molar-refractivity contribution in [2.45, 2.75) is 6.92 Å². The Labute approximate surface area is 194 Å². The number of aromatic nitrogens is 3. The number of anilines is 2. The maximum absolute atomic E-state index is 13.6. The van der Waals surface area contributed by atoms with Gasteiger partial charge in [-0.05, 0) is 37.3 Å². The summed E-state index contributed by atoms with van der Waals surface area (Å²) in [6.07, 6.45) is 4.76. The lowest BCUT2D eigenvalue weighted by molar-refractivity contribution is 0.208. The van der Waals surface area contributed by atoms with Crippen molar-refractivity contribution in [3.8, 4) is 11.6 Å². The zero-order valence-electron chi connectivity index (χ0n) is 18.4. The number of ether oxygens (including phenoxy) is 1. The van der Waals surface area contributed by atoms with Gasteiger partial charge >= 0.3 is 6.03 Å². The second kappa shape index (κ2) is 8.97. The summed E-state index contributed by atoms with van der Waals surface area (Å²) < 4.78 is 32.8. The first-order valence-corrected chi connectivity index (χ1v) is 10.8. The smallest absolute Gasteiger partial charge is 0.322 e. The van der Waals surface area contributed by atoms with Gasteiger partial charge in [-0.15, -0.1) is 0 Å². The van der Waals surface area contributed by atoms with E-state index in [1.165, 1.54) is 6.20 Å². The molecule has 1 aliphatic heterocycles. The summed E-state index contributed by atoms with van der Waals surface area (Å²) in [5.74, 6) is -0.804. The first kappa shape index (κ1) is 21.6. The number of amides is 2. The van der Waals surface area contributed by atoms with Gasteiger partial charge in [0.15, 0.2) is 11.6 Å². The van der Waals surface area contributed by atoms with Crippen molar-refractivity contribution < 1.29 is 18.3 Å². The van der Waals surface area contributed by atoms with Gasteiger partial charge in [-0.25, -0.2) is 18.6 Å². The molecule has 1 saturated heterocycles. The van der Waals surface area contributed by atoms with E-state index < -0.39 is 11.6 Å². The fourth-order valence-corrected chi connectivity index (χ4v) is 3.86. The van der Waals surface area contributed by atoms with Gasteiger partial charge in [-0.1, -0.05) is 0 Å². The molecule has 0 saturated carbocycles. The van der Waals surface area contributed by atoms with Gasteiger partial charge in [0, 0.05) is 49.5 Å². The van der Waals surface area contributed by atoms with E-state index >= 15 is 0 Å². The number of aryl methyl sites for hydroxylation is 1. The third kappa shape index (κ3) is 4.47. The van der Waals surface area contributed by atoms with Crippen LogP contribution in [0.1, 0.15) is 5.69 Å². The molecular weight excluding hydrogens is 442 g/mol. The first-order chi connectivity index (χ1) is 16.5. The molecule has 0 spiro atoms. The molecule has 4 aromatic rings. The van der Waals surface area contributed by atoms with Gasteiger partial charge in [0.05, 0.1) is 29.3 Å². The number of fused-ring (bicyclic) bond motifs is 1. The minimum Gasteiger partial charge on any atom is -0.438 e. The Morgan fingerprint density at radius 2 is 1.76 bits per heavy atom. The SMILES string of the molecule is Cc1cnc(Oc2ccc(N3CCN(C(=O)Nc4c[nH]c5cc(F)c(F)cc45)CC3)cc2)cn1. The Bertz CT molecular complexity index is 1320. The van der Waals surface area contributed by atoms with Gasteiger partial charge in [-0.3, -0.25) is 4.98 Å². The summed E-state index contributed by atoms with van der Waals surface area (Å²) >= 11 is 0. The van der Waals surface area contributed by atoms with E-state index in [4.69, 9.17) is 4.74 Å². The van der Waals surface area contributed by atoms with E-state index in [1.54, 1.807) is 17.3 Å². The van der Waals surface area contributed by atoms with E-state index in [-0.39, 0.29) is 6.03 Å². The summed E-state index contributed by atoms with van der Waals surface area (Å²) in [5, 5.41) is 3.21. The van der Waals surface area contributed by atoms with Gasteiger partial charge in [-0.2, -0.15) is 0 Å². The lowest BCUT2D eigenvalue weighted by atomic mass is 10.2. The van der Waals surface area contributed by atoms with Crippen LogP contribution in [0.15, 0.2) is 55.0 Å². The monoisotopic (exact) mass is 464 g/mol. The van der Waals surface area contributed by atoms with Crippen LogP contribution in [0.4, 0.5) is 25.0 Å². The molecule has 8 nitrogen and oxygen atoms in total. The van der Waals surface area contributed by atoms with Crippen LogP contribution >= 0.6 is 0 Å². The Kier molecular flexibility index (Phi) is 5.70. The van der Waals surface area contributed by atoms with Gasteiger partial charge in [0.1, 0.15) is 5.75 Å². The summed E-state index contributed by atoms with van der Waals surface area (Å²) in [6.45, 7) is 4.22. The second-order valence-corrected chi connectivity index (χ2v) is 8.01. The second-order valence-electron chi connectivity index (χ2n) is 8.01. The maximum Gasteiger partial charge on any atom is 0.322 e. The minimum atomic E-state index is -0.959. The fourth-order valence-electron chi connectivity index (χ4n) is 3.86. The Hall–Kier alpha value is -4.21. The third-order valence-corrected chi connectivity index (χ3v) is 5.71. The number of carbonyl (C=O) groups excluding carboxylic acids is 1. The van der Waals surface area contributed by atoms with Crippen molar-refractivity contribution in [1.29, 1.82) is 0 Å². The lowest BCUT2D eigenvalue weighted by Gasteiger charge is -2.36. The Morgan fingerprint density at radius 1 is 1.03 bits per heavy atom. The molecule has 2 aromatic heterocycles. The molecule has 0 aliphatic carbocycles. The number of carbonyl (C=O) groups is 1. The van der Waals surface area contributed by atoms with Crippen molar-refractivity contribution in [3.63, 3.8) is 0 Å². The normalized spacial score (nSPS) is 13.9. The summed E-state index contributed by atoms with van der Waals surface area (Å²) in [6, 6.07) is 9.53. The highest BCUT2D eigenvalue weighted by Crippen LogP contribution is 2.27. The molecular formula is C24H22F2N6O2. The van der Waals surface area contributed by atoms with Crippen molar-refractivity contribution in [1.82, 2.24) is 19.9 Å². The molecule has 2 aromatic carbocycles. The van der Waals surface area contributed by atoms with Crippen molar-refractivity contribution in [2.24, 2.45) is 0 Å². The number of hydrogen-bond acceptors (Lipinski definition) is 5. The number of urea groups is 1. The van der Waals surface area contributed by atoms with Crippen LogP contribution in [0.5, 0.6) is 11.6 Å². The average Bonchev–Trinajstić information content (AvgIpc) is 3.22. The number of nitrogens with one attached hydrogen (secondary N) is 2. The van der Waals surface area contributed by atoms with Crippen LogP contribution in [0.25, 0.3) is 10.9 Å². The van der Waals surface area contributed by atoms with Crippen LogP contribution in [-0.2, 0) is 0 Å². The Balaban J connectivity index is 1.17. The molecule has 3 heterocycles. The van der Waals surface area contributed by atoms with Crippen LogP contribution in [0, 0.1) is 18.6 Å². The fraction of sp³-hybridized carbons (Fsp3) is 0.208. The molecule has 5 rings (SSSR count). The number of halogens is 2. The van der Waals surface area contributed by atoms with Crippen LogP contribution in [-0.4, -0.2) is 52.1 Å². The summed E-state index contributed by atoms with van der Waals surface area (Å²) in [4.78, 5) is 27.8. The summed E-state index contributed by atoms with van der Waals surface area (Å²) in [7, 11) is 0. The van der Waals surface area contributed by atoms with E-state index in [0.29, 0.717) is 54.4 Å². The number of piperazine rings is 1. The number of benzene rings is 2. The number of hydrogen-bond donors (Lipinski definition) is 2. The Morgan fingerprint density at radius 3 is 2.47 bits per heavy atom. The van der Waals surface area contributed by atoms with E-state index in [0.717, 1.165) is 23.5 Å². The molecule has 174 valence electrons. The van der Waals surface area contributed by atoms with E-state index in [1.807, 2.05) is 31.2 Å². The lowest BCUT2D eigenvalue weighted by Crippen LogP contribution is -2.50. The van der Waals surface area contributed by atoms with Crippen molar-refractivity contribution >= 4 is 28.3 Å². The minimum absolute atomic E-state index is 0.284. The largest absolute Gasteiger partial charge is 0.438 e. The topological polar surface area (TPSA) is 86.4 Å². The van der Waals surface area contributed by atoms with Gasteiger partial charge in [0.25, 0.3) is 0 Å². The predicted molar refractivity (Wildman–Crippen MR) is 124 cm³/mol. The quantitative estimate of drug-likeness (QED) is 0.458. The number of nitrogens with zero attached hydrogens (tertiary/aromatic N) is 4. The summed E-state index contributed by atoms with van der Waals surface area (Å²) in [5.41, 5.74) is 2.67. The highest BCUT2D eigenvalue weighted by molar-refractivity contribution is 6.01. The van der Waals surface area contributed by atoms with Crippen molar-refractivity contribution in [3.05, 3.63) is 72.3 Å². The van der Waals surface area contributed by atoms with Gasteiger partial charge < -0.3 is 24.8 Å². The number of H-pyrrole nitrogens is 1. The van der Waals surface area contributed by atoms with Gasteiger partial charge in [0.2, 0.25) is 5.88 Å². The molecule has 1 fully saturated rings. The molecule has 34 heavy (non-hydrogen) atoms. The first-order valence-electron chi connectivity index (χ1n) is 10.8. The number of aromatic amines is 1. The van der Waals surface area contributed by atoms with Crippen LogP contribution < -0.4 is 15.0 Å². The maximum atomic E-state index is 13.6. The predicted octanol–water partition coefficient (Wildman–Crippen LogP) is 4.69. The molecule has 0 radical (unpaired) electrons. The zero-order chi connectivity index (χ0) is 23.7. The molecule has 2 amide bonds. The average molecular weight is 464 g/mol.